The lowest BCUT2D eigenvalue weighted by atomic mass is 10.0. The first-order valence-corrected chi connectivity index (χ1v) is 7.85. The lowest BCUT2D eigenvalue weighted by molar-refractivity contribution is -0.132. The van der Waals surface area contributed by atoms with Crippen molar-refractivity contribution in [3.63, 3.8) is 0 Å². The fourth-order valence-electron chi connectivity index (χ4n) is 3.57. The summed E-state index contributed by atoms with van der Waals surface area (Å²) in [7, 11) is 1.74. The van der Waals surface area contributed by atoms with Crippen molar-refractivity contribution < 1.29 is 18.7 Å². The molecule has 0 aliphatic heterocycles. The van der Waals surface area contributed by atoms with E-state index in [0.29, 0.717) is 18.5 Å². The Kier molecular flexibility index (Phi) is 4.17. The number of aliphatic hydroxyl groups is 1. The van der Waals surface area contributed by atoms with Gasteiger partial charge >= 0.3 is 0 Å². The molecule has 0 aromatic heterocycles. The second kappa shape index (κ2) is 5.95. The van der Waals surface area contributed by atoms with Gasteiger partial charge in [-0.1, -0.05) is 12.5 Å². The summed E-state index contributed by atoms with van der Waals surface area (Å²) in [6, 6.07) is 3.54. The molecule has 0 radical (unpaired) electrons. The number of aliphatic hydroxyl groups excluding tert-OH is 1. The second-order valence-corrected chi connectivity index (χ2v) is 6.59. The predicted octanol–water partition coefficient (Wildman–Crippen LogP) is 2.69. The Hall–Kier alpha value is -1.49. The number of amides is 1. The maximum absolute atomic E-state index is 13.8. The van der Waals surface area contributed by atoms with Gasteiger partial charge in [-0.3, -0.25) is 4.79 Å². The molecule has 4 atom stereocenters. The lowest BCUT2D eigenvalue weighted by Gasteiger charge is -2.23. The van der Waals surface area contributed by atoms with Gasteiger partial charge in [-0.2, -0.15) is 0 Å². The van der Waals surface area contributed by atoms with E-state index in [0.717, 1.165) is 25.3 Å². The third-order valence-electron chi connectivity index (χ3n) is 4.97. The number of rotatable bonds is 4. The van der Waals surface area contributed by atoms with E-state index in [-0.39, 0.29) is 29.8 Å². The Morgan fingerprint density at radius 3 is 2.77 bits per heavy atom. The van der Waals surface area contributed by atoms with E-state index in [2.05, 4.69) is 0 Å². The quantitative estimate of drug-likeness (QED) is 0.929. The van der Waals surface area contributed by atoms with Crippen LogP contribution in [0.3, 0.4) is 0 Å². The molecule has 2 aliphatic carbocycles. The van der Waals surface area contributed by atoms with Crippen LogP contribution in [-0.2, 0) is 4.79 Å². The summed E-state index contributed by atoms with van der Waals surface area (Å²) in [5, 5.41) is 9.84. The summed E-state index contributed by atoms with van der Waals surface area (Å²) >= 11 is 0. The molecule has 2 saturated carbocycles. The summed E-state index contributed by atoms with van der Waals surface area (Å²) < 4.78 is 26.7. The van der Waals surface area contributed by atoms with Crippen molar-refractivity contribution in [2.75, 3.05) is 13.6 Å². The van der Waals surface area contributed by atoms with E-state index >= 15 is 0 Å². The van der Waals surface area contributed by atoms with Gasteiger partial charge in [0.05, 0.1) is 6.10 Å². The van der Waals surface area contributed by atoms with E-state index in [4.69, 9.17) is 0 Å². The largest absolute Gasteiger partial charge is 0.393 e. The zero-order valence-corrected chi connectivity index (χ0v) is 12.6. The summed E-state index contributed by atoms with van der Waals surface area (Å²) in [6.45, 7) is 0.551. The van der Waals surface area contributed by atoms with Gasteiger partial charge in [-0.15, -0.1) is 0 Å². The number of hydrogen-bond acceptors (Lipinski definition) is 2. The van der Waals surface area contributed by atoms with Crippen LogP contribution in [0.25, 0.3) is 0 Å². The average molecular weight is 309 g/mol. The number of hydrogen-bond donors (Lipinski definition) is 1. The topological polar surface area (TPSA) is 40.5 Å². The van der Waals surface area contributed by atoms with Crippen LogP contribution in [0, 0.1) is 23.5 Å². The number of halogens is 2. The van der Waals surface area contributed by atoms with Gasteiger partial charge in [0.25, 0.3) is 0 Å². The Labute approximate surface area is 128 Å². The molecule has 22 heavy (non-hydrogen) atoms. The highest BCUT2D eigenvalue weighted by Crippen LogP contribution is 2.49. The second-order valence-electron chi connectivity index (χ2n) is 6.59. The van der Waals surface area contributed by atoms with Gasteiger partial charge < -0.3 is 10.0 Å². The summed E-state index contributed by atoms with van der Waals surface area (Å²) in [5.41, 5.74) is 0.425. The fourth-order valence-corrected chi connectivity index (χ4v) is 3.57. The zero-order chi connectivity index (χ0) is 15.9. The van der Waals surface area contributed by atoms with Crippen LogP contribution in [0.1, 0.15) is 37.2 Å². The van der Waals surface area contributed by atoms with Gasteiger partial charge in [0.15, 0.2) is 0 Å². The monoisotopic (exact) mass is 309 g/mol. The van der Waals surface area contributed by atoms with Gasteiger partial charge in [-0.25, -0.2) is 8.78 Å². The number of benzene rings is 1. The minimum absolute atomic E-state index is 0.00664. The maximum atomic E-state index is 13.8. The molecular formula is C17H21F2NO2. The van der Waals surface area contributed by atoms with Crippen molar-refractivity contribution in [3.05, 3.63) is 35.4 Å². The van der Waals surface area contributed by atoms with Crippen molar-refractivity contribution >= 4 is 5.91 Å². The zero-order valence-electron chi connectivity index (χ0n) is 12.6. The molecule has 3 nitrogen and oxygen atoms in total. The summed E-state index contributed by atoms with van der Waals surface area (Å²) in [4.78, 5) is 14.1. The predicted molar refractivity (Wildman–Crippen MR) is 78.2 cm³/mol. The van der Waals surface area contributed by atoms with Gasteiger partial charge in [0.2, 0.25) is 5.91 Å². The molecule has 0 bridgehead atoms. The normalized spacial score (nSPS) is 30.4. The molecule has 1 aromatic carbocycles. The van der Waals surface area contributed by atoms with Crippen LogP contribution in [0.5, 0.6) is 0 Å². The van der Waals surface area contributed by atoms with E-state index in [9.17, 15) is 18.7 Å². The molecule has 120 valence electrons. The molecular weight excluding hydrogens is 288 g/mol. The highest BCUT2D eigenvalue weighted by molar-refractivity contribution is 5.82. The van der Waals surface area contributed by atoms with Gasteiger partial charge in [-0.05, 0) is 36.8 Å². The first-order chi connectivity index (χ1) is 10.5. The average Bonchev–Trinajstić information content (AvgIpc) is 3.15. The molecule has 2 aliphatic rings. The molecule has 0 saturated heterocycles. The molecule has 0 heterocycles. The molecule has 4 unspecified atom stereocenters. The van der Waals surface area contributed by atoms with Crippen LogP contribution < -0.4 is 0 Å². The molecule has 1 aromatic rings. The Morgan fingerprint density at radius 2 is 2.14 bits per heavy atom. The van der Waals surface area contributed by atoms with E-state index in [1.54, 1.807) is 11.9 Å². The standard InChI is InChI=1S/C17H21F2NO2/c1-20(9-10-3-2-4-16(10)21)17(22)14-8-13(14)12-6-5-11(18)7-15(12)19/h5-7,10,13-14,16,21H,2-4,8-9H2,1H3. The smallest absolute Gasteiger partial charge is 0.226 e. The van der Waals surface area contributed by atoms with Crippen molar-refractivity contribution in [3.8, 4) is 0 Å². The van der Waals surface area contributed by atoms with Crippen molar-refractivity contribution in [2.45, 2.75) is 37.7 Å². The maximum Gasteiger partial charge on any atom is 0.226 e. The lowest BCUT2D eigenvalue weighted by Crippen LogP contribution is -2.35. The summed E-state index contributed by atoms with van der Waals surface area (Å²) in [6.07, 6.45) is 3.04. The third kappa shape index (κ3) is 3.00. The van der Waals surface area contributed by atoms with Gasteiger partial charge in [0, 0.05) is 31.5 Å². The van der Waals surface area contributed by atoms with E-state index in [1.165, 1.54) is 12.1 Å². The fraction of sp³-hybridized carbons (Fsp3) is 0.588. The van der Waals surface area contributed by atoms with E-state index in [1.807, 2.05) is 0 Å². The highest BCUT2D eigenvalue weighted by Gasteiger charge is 2.46. The Morgan fingerprint density at radius 1 is 1.36 bits per heavy atom. The number of carbonyl (C=O) groups excluding carboxylic acids is 1. The van der Waals surface area contributed by atoms with Crippen molar-refractivity contribution in [1.29, 1.82) is 0 Å². The minimum atomic E-state index is -0.600. The van der Waals surface area contributed by atoms with Crippen molar-refractivity contribution in [1.82, 2.24) is 4.90 Å². The van der Waals surface area contributed by atoms with Crippen LogP contribution >= 0.6 is 0 Å². The highest BCUT2D eigenvalue weighted by atomic mass is 19.1. The van der Waals surface area contributed by atoms with Crippen LogP contribution in [-0.4, -0.2) is 35.6 Å². The molecule has 1 amide bonds. The first-order valence-electron chi connectivity index (χ1n) is 7.85. The number of carbonyl (C=O) groups is 1. The number of nitrogens with zero attached hydrogens (tertiary/aromatic N) is 1. The van der Waals surface area contributed by atoms with Crippen molar-refractivity contribution in [2.24, 2.45) is 11.8 Å². The first kappa shape index (κ1) is 15.4. The molecule has 2 fully saturated rings. The van der Waals surface area contributed by atoms with Crippen LogP contribution in [0.2, 0.25) is 0 Å². The third-order valence-corrected chi connectivity index (χ3v) is 4.97. The van der Waals surface area contributed by atoms with Gasteiger partial charge in [0.1, 0.15) is 11.6 Å². The molecule has 3 rings (SSSR count). The van der Waals surface area contributed by atoms with Crippen LogP contribution in [0.15, 0.2) is 18.2 Å². The molecule has 5 heteroatoms. The molecule has 0 spiro atoms. The Balaban J connectivity index is 1.60. The summed E-state index contributed by atoms with van der Waals surface area (Å²) in [5.74, 6) is -1.40. The molecule has 1 N–H and O–H groups in total. The minimum Gasteiger partial charge on any atom is -0.393 e. The Bertz CT molecular complexity index is 578. The SMILES string of the molecule is CN(CC1CCCC1O)C(=O)C1CC1c1ccc(F)cc1F. The van der Waals surface area contributed by atoms with Crippen LogP contribution in [0.4, 0.5) is 8.78 Å². The van der Waals surface area contributed by atoms with E-state index < -0.39 is 11.6 Å².